The number of carbonyl (C=O) groups is 2. The molecule has 5 N–H and O–H groups in total. The molecule has 1 aliphatic rings. The molecule has 2 aromatic rings. The molecule has 26 heavy (non-hydrogen) atoms. The summed E-state index contributed by atoms with van der Waals surface area (Å²) in [5.74, 6) is 5.56. The third-order valence-electron chi connectivity index (χ3n) is 3.71. The summed E-state index contributed by atoms with van der Waals surface area (Å²) in [5, 5.41) is 8.72. The van der Waals surface area contributed by atoms with E-state index in [9.17, 15) is 9.59 Å². The molecule has 1 fully saturated rings. The summed E-state index contributed by atoms with van der Waals surface area (Å²) >= 11 is 1.19. The molecule has 0 aromatic carbocycles. The highest BCUT2D eigenvalue weighted by molar-refractivity contribution is 7.15. The van der Waals surface area contributed by atoms with Gasteiger partial charge in [0.05, 0.1) is 16.8 Å². The van der Waals surface area contributed by atoms with Crippen LogP contribution in [0, 0.1) is 11.8 Å². The largest absolute Gasteiger partial charge is 0.351 e. The maximum absolute atomic E-state index is 12.6. The molecule has 0 radical (unpaired) electrons. The molecule has 1 aliphatic heterocycles. The zero-order valence-electron chi connectivity index (χ0n) is 13.9. The fraction of sp³-hybridized carbons (Fsp3) is 0.294. The number of hydrogen-bond donors (Lipinski definition) is 4. The second kappa shape index (κ2) is 8.42. The van der Waals surface area contributed by atoms with Crippen molar-refractivity contribution in [3.05, 3.63) is 40.1 Å². The van der Waals surface area contributed by atoms with Crippen molar-refractivity contribution in [3.63, 3.8) is 0 Å². The van der Waals surface area contributed by atoms with E-state index < -0.39 is 6.03 Å². The fourth-order valence-corrected chi connectivity index (χ4v) is 3.43. The van der Waals surface area contributed by atoms with Gasteiger partial charge in [0.15, 0.2) is 0 Å². The third-order valence-corrected chi connectivity index (χ3v) is 4.75. The summed E-state index contributed by atoms with van der Waals surface area (Å²) in [4.78, 5) is 32.9. The highest BCUT2D eigenvalue weighted by Crippen LogP contribution is 2.27. The molecule has 0 aliphatic carbocycles. The number of anilines is 1. The van der Waals surface area contributed by atoms with Crippen LogP contribution in [0.3, 0.4) is 0 Å². The van der Waals surface area contributed by atoms with Crippen LogP contribution < -0.4 is 21.7 Å². The van der Waals surface area contributed by atoms with Crippen LogP contribution in [0.15, 0.2) is 24.7 Å². The number of carbonyl (C=O) groups excluding carboxylic acids is 2. The minimum absolute atomic E-state index is 0.0638. The maximum atomic E-state index is 12.6. The van der Waals surface area contributed by atoms with Crippen LogP contribution in [0.1, 0.15) is 33.1 Å². The Morgan fingerprint density at radius 1 is 1.35 bits per heavy atom. The van der Waals surface area contributed by atoms with Crippen molar-refractivity contribution < 1.29 is 9.59 Å². The highest BCUT2D eigenvalue weighted by atomic mass is 32.1. The molecule has 0 spiro atoms. The number of amides is 3. The summed E-state index contributed by atoms with van der Waals surface area (Å²) in [6.45, 7) is 1.69. The van der Waals surface area contributed by atoms with Gasteiger partial charge in [-0.25, -0.2) is 9.78 Å². The second-order valence-electron chi connectivity index (χ2n) is 5.70. The van der Waals surface area contributed by atoms with Crippen molar-refractivity contribution in [1.29, 1.82) is 0 Å². The van der Waals surface area contributed by atoms with E-state index in [0.29, 0.717) is 21.1 Å². The van der Waals surface area contributed by atoms with Gasteiger partial charge in [-0.15, -0.1) is 11.3 Å². The van der Waals surface area contributed by atoms with E-state index in [-0.39, 0.29) is 11.9 Å². The molecule has 3 amide bonds. The van der Waals surface area contributed by atoms with Crippen LogP contribution in [-0.4, -0.2) is 41.0 Å². The number of aromatic nitrogens is 2. The predicted octanol–water partition coefficient (Wildman–Crippen LogP) is 0.910. The molecular weight excluding hydrogens is 352 g/mol. The monoisotopic (exact) mass is 370 g/mol. The Hall–Kier alpha value is -2.96. The number of nitrogens with two attached hydrogens (primary N) is 1. The molecule has 0 bridgehead atoms. The summed E-state index contributed by atoms with van der Waals surface area (Å²) in [7, 11) is 0. The van der Waals surface area contributed by atoms with Crippen LogP contribution >= 0.6 is 11.3 Å². The van der Waals surface area contributed by atoms with Crippen LogP contribution in [0.5, 0.6) is 0 Å². The summed E-state index contributed by atoms with van der Waals surface area (Å²) < 4.78 is 0. The van der Waals surface area contributed by atoms with E-state index in [1.54, 1.807) is 24.7 Å². The van der Waals surface area contributed by atoms with Gasteiger partial charge in [0, 0.05) is 25.0 Å². The first-order chi connectivity index (χ1) is 12.6. The predicted molar refractivity (Wildman–Crippen MR) is 98.9 cm³/mol. The lowest BCUT2D eigenvalue weighted by Gasteiger charge is -2.23. The number of piperidine rings is 1. The van der Waals surface area contributed by atoms with Crippen molar-refractivity contribution in [1.82, 2.24) is 20.6 Å². The van der Waals surface area contributed by atoms with Crippen molar-refractivity contribution in [2.24, 2.45) is 5.73 Å². The molecule has 1 unspecified atom stereocenters. The van der Waals surface area contributed by atoms with Gasteiger partial charge in [-0.3, -0.25) is 9.78 Å². The van der Waals surface area contributed by atoms with Gasteiger partial charge in [-0.05, 0) is 37.3 Å². The minimum atomic E-state index is -0.732. The number of rotatable bonds is 3. The smallest absolute Gasteiger partial charge is 0.316 e. The minimum Gasteiger partial charge on any atom is -0.351 e. The Bertz CT molecular complexity index is 849. The molecule has 1 saturated heterocycles. The molecule has 2 aromatic heterocycles. The fourth-order valence-electron chi connectivity index (χ4n) is 2.56. The zero-order chi connectivity index (χ0) is 18.4. The average Bonchev–Trinajstić information content (AvgIpc) is 3.04. The zero-order valence-corrected chi connectivity index (χ0v) is 14.7. The number of thiophene rings is 1. The van der Waals surface area contributed by atoms with E-state index in [1.165, 1.54) is 11.3 Å². The van der Waals surface area contributed by atoms with Gasteiger partial charge >= 0.3 is 6.03 Å². The van der Waals surface area contributed by atoms with Gasteiger partial charge in [0.1, 0.15) is 10.6 Å². The van der Waals surface area contributed by atoms with Gasteiger partial charge in [0.25, 0.3) is 5.91 Å². The van der Waals surface area contributed by atoms with Crippen LogP contribution in [-0.2, 0) is 0 Å². The lowest BCUT2D eigenvalue weighted by atomic mass is 10.1. The molecule has 8 nitrogen and oxygen atoms in total. The maximum Gasteiger partial charge on any atom is 0.316 e. The molecule has 1 atom stereocenters. The SMILES string of the molecule is NC(=O)Nc1cc(C#Cc2cnccn2)sc1C(=O)NC1CCCNC1. The summed E-state index contributed by atoms with van der Waals surface area (Å²) in [6.07, 6.45) is 6.59. The summed E-state index contributed by atoms with van der Waals surface area (Å²) in [6, 6.07) is 0.964. The first-order valence-corrected chi connectivity index (χ1v) is 8.93. The number of primary amides is 1. The topological polar surface area (TPSA) is 122 Å². The molecule has 134 valence electrons. The lowest BCUT2D eigenvalue weighted by molar-refractivity contribution is 0.0935. The summed E-state index contributed by atoms with van der Waals surface area (Å²) in [5.41, 5.74) is 6.08. The third kappa shape index (κ3) is 4.78. The van der Waals surface area contributed by atoms with Crippen molar-refractivity contribution in [2.75, 3.05) is 18.4 Å². The van der Waals surface area contributed by atoms with E-state index in [4.69, 9.17) is 5.73 Å². The lowest BCUT2D eigenvalue weighted by Crippen LogP contribution is -2.45. The Labute approximate surface area is 154 Å². The number of hydrogen-bond acceptors (Lipinski definition) is 6. The van der Waals surface area contributed by atoms with Gasteiger partial charge < -0.3 is 21.7 Å². The van der Waals surface area contributed by atoms with Crippen LogP contribution in [0.25, 0.3) is 0 Å². The molecule has 3 heterocycles. The second-order valence-corrected chi connectivity index (χ2v) is 6.75. The first kappa shape index (κ1) is 17.8. The number of nitrogens with zero attached hydrogens (tertiary/aromatic N) is 2. The van der Waals surface area contributed by atoms with E-state index in [2.05, 4.69) is 37.8 Å². The average molecular weight is 370 g/mol. The van der Waals surface area contributed by atoms with Crippen LogP contribution in [0.4, 0.5) is 10.5 Å². The van der Waals surface area contributed by atoms with E-state index in [0.717, 1.165) is 25.9 Å². The van der Waals surface area contributed by atoms with Crippen molar-refractivity contribution in [2.45, 2.75) is 18.9 Å². The molecule has 0 saturated carbocycles. The standard InChI is InChI=1S/C17H18N6O2S/c18-17(25)23-14-8-13(4-3-11-9-20-6-7-21-11)26-15(14)16(24)22-12-2-1-5-19-10-12/h6-9,12,19H,1-2,5,10H2,(H,22,24)(H3,18,23,25). The van der Waals surface area contributed by atoms with Gasteiger partial charge in [-0.2, -0.15) is 0 Å². The van der Waals surface area contributed by atoms with Gasteiger partial charge in [-0.1, -0.05) is 0 Å². The van der Waals surface area contributed by atoms with Crippen molar-refractivity contribution in [3.8, 4) is 11.8 Å². The van der Waals surface area contributed by atoms with Crippen LogP contribution in [0.2, 0.25) is 0 Å². The Balaban J connectivity index is 1.81. The van der Waals surface area contributed by atoms with E-state index >= 15 is 0 Å². The highest BCUT2D eigenvalue weighted by Gasteiger charge is 2.21. The number of nitrogens with one attached hydrogen (secondary N) is 3. The first-order valence-electron chi connectivity index (χ1n) is 8.12. The van der Waals surface area contributed by atoms with E-state index in [1.807, 2.05) is 0 Å². The van der Waals surface area contributed by atoms with Crippen molar-refractivity contribution >= 4 is 29.0 Å². The normalized spacial score (nSPS) is 16.2. The quantitative estimate of drug-likeness (QED) is 0.598. The molecule has 9 heteroatoms. The molecule has 3 rings (SSSR count). The Morgan fingerprint density at radius 2 is 2.23 bits per heavy atom. The Kier molecular flexibility index (Phi) is 5.78. The number of urea groups is 1. The Morgan fingerprint density at radius 3 is 2.92 bits per heavy atom. The van der Waals surface area contributed by atoms with Gasteiger partial charge in [0.2, 0.25) is 0 Å². The molecular formula is C17H18N6O2S.